The van der Waals surface area contributed by atoms with E-state index in [1.807, 2.05) is 0 Å². The molecular formula is C14H20N2O5S2. The van der Waals surface area contributed by atoms with Crippen molar-refractivity contribution < 1.29 is 23.1 Å². The molecule has 1 unspecified atom stereocenters. The Kier molecular flexibility index (Phi) is 5.77. The Morgan fingerprint density at radius 3 is 2.83 bits per heavy atom. The summed E-state index contributed by atoms with van der Waals surface area (Å²) in [6.45, 7) is 1.11. The van der Waals surface area contributed by atoms with Crippen molar-refractivity contribution in [1.82, 2.24) is 9.62 Å². The van der Waals surface area contributed by atoms with Crippen molar-refractivity contribution in [1.29, 1.82) is 0 Å². The first kappa shape index (κ1) is 17.9. The van der Waals surface area contributed by atoms with Gasteiger partial charge in [-0.1, -0.05) is 0 Å². The minimum atomic E-state index is -3.21. The van der Waals surface area contributed by atoms with E-state index in [9.17, 15) is 18.0 Å². The molecule has 1 aromatic heterocycles. The van der Waals surface area contributed by atoms with Crippen LogP contribution in [0.1, 0.15) is 27.4 Å². The van der Waals surface area contributed by atoms with E-state index in [2.05, 4.69) is 4.72 Å². The van der Waals surface area contributed by atoms with Crippen LogP contribution in [-0.2, 0) is 21.2 Å². The number of carboxylic acid groups (broad SMARTS) is 1. The molecule has 2 heterocycles. The number of nitrogens with zero attached hydrogens (tertiary/aromatic N) is 1. The minimum absolute atomic E-state index is 0.150. The zero-order valence-electron chi connectivity index (χ0n) is 12.8. The molecule has 9 heteroatoms. The molecule has 1 fully saturated rings. The van der Waals surface area contributed by atoms with Gasteiger partial charge in [-0.2, -0.15) is 0 Å². The van der Waals surface area contributed by atoms with Gasteiger partial charge in [-0.15, -0.1) is 11.3 Å². The van der Waals surface area contributed by atoms with Crippen LogP contribution in [0.25, 0.3) is 0 Å². The molecule has 0 spiro atoms. The molecule has 1 atom stereocenters. The maximum Gasteiger partial charge on any atom is 0.308 e. The van der Waals surface area contributed by atoms with Crippen LogP contribution in [-0.4, -0.2) is 56.2 Å². The van der Waals surface area contributed by atoms with E-state index in [-0.39, 0.29) is 19.0 Å². The molecule has 7 nitrogen and oxygen atoms in total. The van der Waals surface area contributed by atoms with Crippen LogP contribution >= 0.6 is 11.3 Å². The van der Waals surface area contributed by atoms with Gasteiger partial charge in [0.25, 0.3) is 5.91 Å². The van der Waals surface area contributed by atoms with Gasteiger partial charge in [0.05, 0.1) is 17.1 Å². The highest BCUT2D eigenvalue weighted by molar-refractivity contribution is 7.88. The molecule has 2 N–H and O–H groups in total. The molecule has 1 saturated heterocycles. The average Bonchev–Trinajstić information content (AvgIpc) is 2.94. The molecule has 1 aliphatic heterocycles. The third kappa shape index (κ3) is 5.29. The van der Waals surface area contributed by atoms with Crippen LogP contribution in [0.4, 0.5) is 0 Å². The lowest BCUT2D eigenvalue weighted by molar-refractivity contribution is -0.143. The molecule has 128 valence electrons. The number of hydrogen-bond donors (Lipinski definition) is 2. The zero-order chi connectivity index (χ0) is 17.0. The number of likely N-dealkylation sites (tertiary alicyclic amines) is 1. The number of carboxylic acids is 1. The Morgan fingerprint density at radius 2 is 2.17 bits per heavy atom. The maximum atomic E-state index is 12.4. The normalized spacial score (nSPS) is 18.8. The molecule has 0 bridgehead atoms. The summed E-state index contributed by atoms with van der Waals surface area (Å²) < 4.78 is 24.4. The Labute approximate surface area is 139 Å². The van der Waals surface area contributed by atoms with Crippen molar-refractivity contribution >= 4 is 33.2 Å². The summed E-state index contributed by atoms with van der Waals surface area (Å²) >= 11 is 1.32. The number of sulfonamides is 1. The fourth-order valence-electron chi connectivity index (χ4n) is 2.51. The summed E-state index contributed by atoms with van der Waals surface area (Å²) in [5, 5.41) is 9.08. The second-order valence-electron chi connectivity index (χ2n) is 5.61. The predicted molar refractivity (Wildman–Crippen MR) is 87.1 cm³/mol. The molecule has 1 aromatic rings. The summed E-state index contributed by atoms with van der Waals surface area (Å²) in [7, 11) is -3.21. The topological polar surface area (TPSA) is 104 Å². The van der Waals surface area contributed by atoms with Gasteiger partial charge in [0.1, 0.15) is 0 Å². The predicted octanol–water partition coefficient (Wildman–Crippen LogP) is 0.777. The quantitative estimate of drug-likeness (QED) is 0.780. The van der Waals surface area contributed by atoms with Gasteiger partial charge in [-0.05, 0) is 31.4 Å². The smallest absolute Gasteiger partial charge is 0.308 e. The highest BCUT2D eigenvalue weighted by Crippen LogP contribution is 2.23. The molecule has 1 aliphatic rings. The van der Waals surface area contributed by atoms with Crippen molar-refractivity contribution in [2.75, 3.05) is 25.9 Å². The molecule has 0 radical (unpaired) electrons. The summed E-state index contributed by atoms with van der Waals surface area (Å²) in [6.07, 6.45) is 2.92. The number of amides is 1. The number of carbonyl (C=O) groups excluding carboxylic acids is 1. The fraction of sp³-hybridized carbons (Fsp3) is 0.571. The van der Waals surface area contributed by atoms with E-state index in [1.54, 1.807) is 17.0 Å². The van der Waals surface area contributed by atoms with Crippen molar-refractivity contribution in [3.63, 3.8) is 0 Å². The SMILES string of the molecule is CS(=O)(=O)NCCc1ccc(C(=O)N2CCCC(C(=O)O)C2)s1. The van der Waals surface area contributed by atoms with E-state index in [1.165, 1.54) is 11.3 Å². The first-order chi connectivity index (χ1) is 10.8. The Morgan fingerprint density at radius 1 is 1.43 bits per heavy atom. The fourth-order valence-corrected chi connectivity index (χ4v) is 3.95. The number of rotatable bonds is 6. The molecule has 0 aliphatic carbocycles. The Balaban J connectivity index is 1.94. The van der Waals surface area contributed by atoms with Crippen LogP contribution in [0.15, 0.2) is 12.1 Å². The molecular weight excluding hydrogens is 340 g/mol. The van der Waals surface area contributed by atoms with E-state index in [4.69, 9.17) is 5.11 Å². The van der Waals surface area contributed by atoms with Gasteiger partial charge >= 0.3 is 5.97 Å². The third-order valence-electron chi connectivity index (χ3n) is 3.67. The van der Waals surface area contributed by atoms with Crippen molar-refractivity contribution in [3.8, 4) is 0 Å². The monoisotopic (exact) mass is 360 g/mol. The first-order valence-electron chi connectivity index (χ1n) is 7.31. The Bertz CT molecular complexity index is 683. The summed E-state index contributed by atoms with van der Waals surface area (Å²) in [4.78, 5) is 26.6. The van der Waals surface area contributed by atoms with Crippen molar-refractivity contribution in [2.45, 2.75) is 19.3 Å². The van der Waals surface area contributed by atoms with Crippen LogP contribution in [0, 0.1) is 5.92 Å². The number of piperidine rings is 1. The van der Waals surface area contributed by atoms with Gasteiger partial charge in [-0.25, -0.2) is 13.1 Å². The van der Waals surface area contributed by atoms with Gasteiger partial charge < -0.3 is 10.0 Å². The lowest BCUT2D eigenvalue weighted by atomic mass is 9.98. The first-order valence-corrected chi connectivity index (χ1v) is 10.0. The van der Waals surface area contributed by atoms with E-state index >= 15 is 0 Å². The van der Waals surface area contributed by atoms with Crippen molar-refractivity contribution in [3.05, 3.63) is 21.9 Å². The minimum Gasteiger partial charge on any atom is -0.481 e. The molecule has 1 amide bonds. The van der Waals surface area contributed by atoms with Crippen LogP contribution in [0.5, 0.6) is 0 Å². The number of aliphatic carboxylic acids is 1. The average molecular weight is 360 g/mol. The standard InChI is InChI=1S/C14H20N2O5S2/c1-23(20,21)15-7-6-11-4-5-12(22-11)13(17)16-8-2-3-10(9-16)14(18)19/h4-5,10,15H,2-3,6-9H2,1H3,(H,18,19). The van der Waals surface area contributed by atoms with E-state index in [0.29, 0.717) is 30.7 Å². The number of nitrogens with one attached hydrogen (secondary N) is 1. The van der Waals surface area contributed by atoms with Gasteiger partial charge in [0.2, 0.25) is 10.0 Å². The van der Waals surface area contributed by atoms with Crippen LogP contribution in [0.2, 0.25) is 0 Å². The zero-order valence-corrected chi connectivity index (χ0v) is 14.5. The van der Waals surface area contributed by atoms with Gasteiger partial charge in [0, 0.05) is 24.5 Å². The Hall–Kier alpha value is -1.45. The van der Waals surface area contributed by atoms with Gasteiger partial charge in [-0.3, -0.25) is 9.59 Å². The second-order valence-corrected chi connectivity index (χ2v) is 8.61. The third-order valence-corrected chi connectivity index (χ3v) is 5.53. The highest BCUT2D eigenvalue weighted by atomic mass is 32.2. The largest absolute Gasteiger partial charge is 0.481 e. The maximum absolute atomic E-state index is 12.4. The van der Waals surface area contributed by atoms with Crippen LogP contribution in [0.3, 0.4) is 0 Å². The van der Waals surface area contributed by atoms with Crippen LogP contribution < -0.4 is 4.72 Å². The lowest BCUT2D eigenvalue weighted by Gasteiger charge is -2.30. The highest BCUT2D eigenvalue weighted by Gasteiger charge is 2.29. The molecule has 0 aromatic carbocycles. The van der Waals surface area contributed by atoms with E-state index < -0.39 is 21.9 Å². The number of hydrogen-bond acceptors (Lipinski definition) is 5. The van der Waals surface area contributed by atoms with E-state index in [0.717, 1.165) is 11.1 Å². The molecule has 2 rings (SSSR count). The van der Waals surface area contributed by atoms with Gasteiger partial charge in [0.15, 0.2) is 0 Å². The number of thiophene rings is 1. The second kappa shape index (κ2) is 7.41. The van der Waals surface area contributed by atoms with Crippen molar-refractivity contribution in [2.24, 2.45) is 5.92 Å². The summed E-state index contributed by atoms with van der Waals surface area (Å²) in [5.74, 6) is -1.50. The molecule has 0 saturated carbocycles. The molecule has 23 heavy (non-hydrogen) atoms. The number of carbonyl (C=O) groups is 2. The summed E-state index contributed by atoms with van der Waals surface area (Å²) in [6, 6.07) is 3.52. The lowest BCUT2D eigenvalue weighted by Crippen LogP contribution is -2.42. The summed E-state index contributed by atoms with van der Waals surface area (Å²) in [5.41, 5.74) is 0.